The highest BCUT2D eigenvalue weighted by molar-refractivity contribution is 5.99. The third-order valence-corrected chi connectivity index (χ3v) is 4.97. The summed E-state index contributed by atoms with van der Waals surface area (Å²) in [5.74, 6) is 1.36. The first kappa shape index (κ1) is 14.4. The van der Waals surface area contributed by atoms with Crippen LogP contribution in [0.2, 0.25) is 0 Å². The van der Waals surface area contributed by atoms with Crippen LogP contribution in [-0.4, -0.2) is 34.3 Å². The van der Waals surface area contributed by atoms with Crippen molar-refractivity contribution in [3.63, 3.8) is 0 Å². The van der Waals surface area contributed by atoms with Gasteiger partial charge in [-0.25, -0.2) is 0 Å². The van der Waals surface area contributed by atoms with Crippen molar-refractivity contribution in [2.45, 2.75) is 71.5 Å². The van der Waals surface area contributed by atoms with Crippen molar-refractivity contribution >= 4 is 11.8 Å². The number of amides is 2. The lowest BCUT2D eigenvalue weighted by Gasteiger charge is -2.48. The molecule has 0 aromatic carbocycles. The Morgan fingerprint density at radius 3 is 2.32 bits per heavy atom. The predicted molar refractivity (Wildman–Crippen MR) is 74.5 cm³/mol. The number of carbonyl (C=O) groups is 2. The Morgan fingerprint density at radius 1 is 1.11 bits per heavy atom. The Morgan fingerprint density at radius 2 is 1.74 bits per heavy atom. The van der Waals surface area contributed by atoms with Gasteiger partial charge >= 0.3 is 0 Å². The van der Waals surface area contributed by atoms with Crippen molar-refractivity contribution in [2.24, 2.45) is 11.8 Å². The summed E-state index contributed by atoms with van der Waals surface area (Å²) >= 11 is 0. The Balaban J connectivity index is 2.21. The number of nitrogens with one attached hydrogen (secondary N) is 1. The maximum absolute atomic E-state index is 12.6. The van der Waals surface area contributed by atoms with Gasteiger partial charge < -0.3 is 10.2 Å². The van der Waals surface area contributed by atoms with Gasteiger partial charge in [0.1, 0.15) is 11.6 Å². The molecular formula is C15H26N2O2. The van der Waals surface area contributed by atoms with Gasteiger partial charge in [-0.05, 0) is 51.9 Å². The number of piperazine rings is 1. The maximum Gasteiger partial charge on any atom is 0.248 e. The van der Waals surface area contributed by atoms with Crippen LogP contribution in [0.3, 0.4) is 0 Å². The predicted octanol–water partition coefficient (Wildman–Crippen LogP) is 1.94. The molecule has 1 heterocycles. The molecule has 0 radical (unpaired) electrons. The van der Waals surface area contributed by atoms with Crippen molar-refractivity contribution in [1.29, 1.82) is 0 Å². The molecule has 0 aromatic heterocycles. The highest BCUT2D eigenvalue weighted by Crippen LogP contribution is 2.34. The van der Waals surface area contributed by atoms with E-state index < -0.39 is 5.54 Å². The fourth-order valence-corrected chi connectivity index (χ4v) is 3.34. The summed E-state index contributed by atoms with van der Waals surface area (Å²) in [6, 6.07) is -0.120. The lowest BCUT2D eigenvalue weighted by molar-refractivity contribution is -0.157. The van der Waals surface area contributed by atoms with Crippen LogP contribution in [0.5, 0.6) is 0 Å². The molecule has 2 fully saturated rings. The smallest absolute Gasteiger partial charge is 0.248 e. The maximum atomic E-state index is 12.6. The molecule has 1 saturated carbocycles. The zero-order chi connectivity index (χ0) is 14.4. The molecular weight excluding hydrogens is 240 g/mol. The SMILES string of the molecule is CC1CCC(N2C(=O)C(C)(C)NC(=O)C2C)CC1C. The number of rotatable bonds is 1. The molecule has 2 aliphatic rings. The quantitative estimate of drug-likeness (QED) is 0.788. The number of carbonyl (C=O) groups excluding carboxylic acids is 2. The number of hydrogen-bond acceptors (Lipinski definition) is 2. The number of hydrogen-bond donors (Lipinski definition) is 1. The molecule has 2 rings (SSSR count). The molecule has 0 bridgehead atoms. The summed E-state index contributed by atoms with van der Waals surface area (Å²) in [6.45, 7) is 9.95. The van der Waals surface area contributed by atoms with E-state index in [0.29, 0.717) is 11.8 Å². The molecule has 1 N–H and O–H groups in total. The molecule has 0 spiro atoms. The van der Waals surface area contributed by atoms with Gasteiger partial charge in [-0.15, -0.1) is 0 Å². The summed E-state index contributed by atoms with van der Waals surface area (Å²) in [7, 11) is 0. The second kappa shape index (κ2) is 4.80. The monoisotopic (exact) mass is 266 g/mol. The van der Waals surface area contributed by atoms with Crippen LogP contribution in [0.1, 0.15) is 53.9 Å². The third kappa shape index (κ3) is 2.49. The van der Waals surface area contributed by atoms with Gasteiger partial charge in [0, 0.05) is 6.04 Å². The molecule has 108 valence electrons. The Kier molecular flexibility index (Phi) is 3.63. The van der Waals surface area contributed by atoms with Gasteiger partial charge in [-0.2, -0.15) is 0 Å². The normalized spacial score (nSPS) is 39.1. The summed E-state index contributed by atoms with van der Waals surface area (Å²) < 4.78 is 0. The molecule has 1 aliphatic carbocycles. The molecule has 2 amide bonds. The third-order valence-electron chi connectivity index (χ3n) is 4.97. The second-order valence-corrected chi connectivity index (χ2v) is 6.92. The first-order valence-corrected chi connectivity index (χ1v) is 7.39. The molecule has 4 unspecified atom stereocenters. The van der Waals surface area contributed by atoms with Gasteiger partial charge in [0.15, 0.2) is 0 Å². The Labute approximate surface area is 115 Å². The van der Waals surface area contributed by atoms with E-state index in [1.54, 1.807) is 13.8 Å². The van der Waals surface area contributed by atoms with Crippen molar-refractivity contribution in [1.82, 2.24) is 10.2 Å². The number of nitrogens with zero attached hydrogens (tertiary/aromatic N) is 1. The fourth-order valence-electron chi connectivity index (χ4n) is 3.34. The molecule has 4 atom stereocenters. The molecule has 0 aromatic rings. The lowest BCUT2D eigenvalue weighted by Crippen LogP contribution is -2.69. The standard InChI is InChI=1S/C15H26N2O2/c1-9-6-7-12(8-10(9)2)17-11(3)13(18)16-15(4,5)14(17)19/h9-12H,6-8H2,1-5H3,(H,16,18). The van der Waals surface area contributed by atoms with Crippen LogP contribution in [0.15, 0.2) is 0 Å². The van der Waals surface area contributed by atoms with E-state index in [1.807, 2.05) is 11.8 Å². The minimum absolute atomic E-state index is 0.0316. The fraction of sp³-hybridized carbons (Fsp3) is 0.867. The van der Waals surface area contributed by atoms with Crippen molar-refractivity contribution < 1.29 is 9.59 Å². The zero-order valence-electron chi connectivity index (χ0n) is 12.7. The summed E-state index contributed by atoms with van der Waals surface area (Å²) in [5.41, 5.74) is -0.768. The van der Waals surface area contributed by atoms with Crippen LogP contribution < -0.4 is 5.32 Å². The van der Waals surface area contributed by atoms with Crippen molar-refractivity contribution in [3.05, 3.63) is 0 Å². The average Bonchev–Trinajstić information content (AvgIpc) is 2.31. The molecule has 4 nitrogen and oxygen atoms in total. The highest BCUT2D eigenvalue weighted by atomic mass is 16.2. The minimum Gasteiger partial charge on any atom is -0.340 e. The average molecular weight is 266 g/mol. The van der Waals surface area contributed by atoms with E-state index in [0.717, 1.165) is 19.3 Å². The molecule has 1 aliphatic heterocycles. The first-order valence-electron chi connectivity index (χ1n) is 7.39. The van der Waals surface area contributed by atoms with Crippen LogP contribution >= 0.6 is 0 Å². The van der Waals surface area contributed by atoms with Crippen LogP contribution in [0, 0.1) is 11.8 Å². The van der Waals surface area contributed by atoms with E-state index in [9.17, 15) is 9.59 Å². The van der Waals surface area contributed by atoms with Crippen LogP contribution in [0.25, 0.3) is 0 Å². The highest BCUT2D eigenvalue weighted by Gasteiger charge is 2.46. The van der Waals surface area contributed by atoms with Crippen LogP contribution in [-0.2, 0) is 9.59 Å². The minimum atomic E-state index is -0.768. The van der Waals surface area contributed by atoms with Gasteiger partial charge in [0.25, 0.3) is 0 Å². The van der Waals surface area contributed by atoms with Gasteiger partial charge in [0.2, 0.25) is 11.8 Å². The van der Waals surface area contributed by atoms with Gasteiger partial charge in [-0.1, -0.05) is 13.8 Å². The Hall–Kier alpha value is -1.06. The first-order chi connectivity index (χ1) is 8.74. The summed E-state index contributed by atoms with van der Waals surface area (Å²) in [5, 5.41) is 2.81. The zero-order valence-corrected chi connectivity index (χ0v) is 12.7. The van der Waals surface area contributed by atoms with E-state index in [1.165, 1.54) is 0 Å². The van der Waals surface area contributed by atoms with E-state index in [4.69, 9.17) is 0 Å². The van der Waals surface area contributed by atoms with E-state index in [2.05, 4.69) is 19.2 Å². The summed E-state index contributed by atoms with van der Waals surface area (Å²) in [6.07, 6.45) is 3.18. The van der Waals surface area contributed by atoms with Crippen molar-refractivity contribution in [3.8, 4) is 0 Å². The van der Waals surface area contributed by atoms with Crippen LogP contribution in [0.4, 0.5) is 0 Å². The second-order valence-electron chi connectivity index (χ2n) is 6.92. The largest absolute Gasteiger partial charge is 0.340 e. The molecule has 19 heavy (non-hydrogen) atoms. The lowest BCUT2D eigenvalue weighted by atomic mass is 9.77. The van der Waals surface area contributed by atoms with Gasteiger partial charge in [-0.3, -0.25) is 9.59 Å². The topological polar surface area (TPSA) is 49.4 Å². The van der Waals surface area contributed by atoms with Gasteiger partial charge in [0.05, 0.1) is 0 Å². The van der Waals surface area contributed by atoms with Crippen molar-refractivity contribution in [2.75, 3.05) is 0 Å². The summed E-state index contributed by atoms with van der Waals surface area (Å²) in [4.78, 5) is 26.5. The van der Waals surface area contributed by atoms with E-state index >= 15 is 0 Å². The molecule has 1 saturated heterocycles. The Bertz CT molecular complexity index is 392. The van der Waals surface area contributed by atoms with E-state index in [-0.39, 0.29) is 23.9 Å². The molecule has 4 heteroatoms.